The highest BCUT2D eigenvalue weighted by Crippen LogP contribution is 2.30. The average Bonchev–Trinajstić information content (AvgIpc) is 2.94. The van der Waals surface area contributed by atoms with E-state index in [0.717, 1.165) is 18.7 Å². The summed E-state index contributed by atoms with van der Waals surface area (Å²) in [5.74, 6) is 0. The van der Waals surface area contributed by atoms with Gasteiger partial charge in [0.1, 0.15) is 4.90 Å². The molecule has 0 aliphatic carbocycles. The second kappa shape index (κ2) is 4.15. The molecule has 1 unspecified atom stereocenters. The number of nitrogens with two attached hydrogens (primary N) is 2. The van der Waals surface area contributed by atoms with Crippen molar-refractivity contribution in [3.05, 3.63) is 12.1 Å². The molecule has 19 heavy (non-hydrogen) atoms. The number of hydrogen-bond donors (Lipinski definition) is 2. The molecule has 2 heterocycles. The van der Waals surface area contributed by atoms with Crippen molar-refractivity contribution >= 4 is 26.7 Å². The van der Waals surface area contributed by atoms with Gasteiger partial charge in [-0.05, 0) is 28.9 Å². The minimum atomic E-state index is -3.86. The number of rotatable bonds is 2. The van der Waals surface area contributed by atoms with E-state index < -0.39 is 10.0 Å². The van der Waals surface area contributed by atoms with E-state index in [1.165, 1.54) is 6.07 Å². The lowest BCUT2D eigenvalue weighted by Crippen LogP contribution is -2.26. The third-order valence-electron chi connectivity index (χ3n) is 3.23. The topological polar surface area (TPSA) is 128 Å². The quantitative estimate of drug-likeness (QED) is 0.753. The van der Waals surface area contributed by atoms with Crippen LogP contribution in [0.4, 0.5) is 5.69 Å². The van der Waals surface area contributed by atoms with Crippen LogP contribution in [0.3, 0.4) is 0 Å². The van der Waals surface area contributed by atoms with Crippen LogP contribution < -0.4 is 15.8 Å². The minimum absolute atomic E-state index is 0.0870. The molecule has 1 aliphatic heterocycles. The molecule has 9 heteroatoms. The highest BCUT2D eigenvalue weighted by atomic mass is 32.2. The van der Waals surface area contributed by atoms with Crippen LogP contribution >= 0.6 is 0 Å². The van der Waals surface area contributed by atoms with Crippen molar-refractivity contribution in [1.29, 1.82) is 0 Å². The molecular formula is C10H13N5O3S. The first-order valence-corrected chi connectivity index (χ1v) is 7.30. The van der Waals surface area contributed by atoms with E-state index in [1.807, 2.05) is 4.90 Å². The van der Waals surface area contributed by atoms with Crippen LogP contribution in [0.25, 0.3) is 11.0 Å². The van der Waals surface area contributed by atoms with Gasteiger partial charge in [-0.15, -0.1) is 0 Å². The number of anilines is 1. The fraction of sp³-hybridized carbons (Fsp3) is 0.400. The Kier molecular flexibility index (Phi) is 2.69. The molecule has 0 radical (unpaired) electrons. The fourth-order valence-corrected chi connectivity index (χ4v) is 2.98. The summed E-state index contributed by atoms with van der Waals surface area (Å²) in [6, 6.07) is 3.18. The van der Waals surface area contributed by atoms with Crippen molar-refractivity contribution in [2.24, 2.45) is 10.9 Å². The van der Waals surface area contributed by atoms with Gasteiger partial charge in [0.2, 0.25) is 10.0 Å². The van der Waals surface area contributed by atoms with Crippen molar-refractivity contribution in [2.45, 2.75) is 17.4 Å². The van der Waals surface area contributed by atoms with Gasteiger partial charge >= 0.3 is 0 Å². The molecule has 102 valence electrons. The third-order valence-corrected chi connectivity index (χ3v) is 4.17. The lowest BCUT2D eigenvalue weighted by Gasteiger charge is -2.18. The SMILES string of the molecule is NC1CCN(c2ccc(S(N)(=O)=O)c3nonc23)C1. The Hall–Kier alpha value is -1.71. The zero-order chi connectivity index (χ0) is 13.6. The Morgan fingerprint density at radius 1 is 1.32 bits per heavy atom. The Labute approximate surface area is 109 Å². The summed E-state index contributed by atoms with van der Waals surface area (Å²) in [6.45, 7) is 1.48. The standard InChI is InChI=1S/C10H13N5O3S/c11-6-3-4-15(5-6)7-1-2-8(19(12,16)17)10-9(7)13-18-14-10/h1-2,6H,3-5,11H2,(H2,12,16,17). The largest absolute Gasteiger partial charge is 0.368 e. The van der Waals surface area contributed by atoms with E-state index in [2.05, 4.69) is 14.9 Å². The molecule has 0 spiro atoms. The molecule has 4 N–H and O–H groups in total. The van der Waals surface area contributed by atoms with Crippen molar-refractivity contribution in [2.75, 3.05) is 18.0 Å². The Balaban J connectivity index is 2.16. The number of benzene rings is 1. The highest BCUT2D eigenvalue weighted by Gasteiger charge is 2.25. The summed E-state index contributed by atoms with van der Waals surface area (Å²) in [6.07, 6.45) is 0.879. The molecule has 1 aliphatic rings. The van der Waals surface area contributed by atoms with E-state index in [-0.39, 0.29) is 16.5 Å². The molecule has 8 nitrogen and oxygen atoms in total. The van der Waals surface area contributed by atoms with Crippen LogP contribution in [-0.4, -0.2) is 37.9 Å². The first-order chi connectivity index (χ1) is 8.97. The van der Waals surface area contributed by atoms with Crippen LogP contribution in [0.2, 0.25) is 0 Å². The molecule has 1 fully saturated rings. The van der Waals surface area contributed by atoms with Crippen LogP contribution in [-0.2, 0) is 10.0 Å². The van der Waals surface area contributed by atoms with Gasteiger partial charge in [0, 0.05) is 19.1 Å². The molecule has 0 amide bonds. The van der Waals surface area contributed by atoms with Gasteiger partial charge < -0.3 is 10.6 Å². The van der Waals surface area contributed by atoms with Crippen LogP contribution in [0.15, 0.2) is 21.7 Å². The maximum atomic E-state index is 11.5. The number of primary sulfonamides is 1. The van der Waals surface area contributed by atoms with E-state index >= 15 is 0 Å². The van der Waals surface area contributed by atoms with Gasteiger partial charge in [-0.2, -0.15) is 0 Å². The maximum absolute atomic E-state index is 11.5. The van der Waals surface area contributed by atoms with Crippen molar-refractivity contribution in [3.8, 4) is 0 Å². The summed E-state index contributed by atoms with van der Waals surface area (Å²) in [5.41, 5.74) is 7.17. The molecule has 0 saturated carbocycles. The molecule has 0 bridgehead atoms. The van der Waals surface area contributed by atoms with E-state index in [4.69, 9.17) is 10.9 Å². The molecule has 3 rings (SSSR count). The average molecular weight is 283 g/mol. The van der Waals surface area contributed by atoms with Crippen LogP contribution in [0.5, 0.6) is 0 Å². The Morgan fingerprint density at radius 2 is 2.05 bits per heavy atom. The monoisotopic (exact) mass is 283 g/mol. The van der Waals surface area contributed by atoms with Crippen LogP contribution in [0, 0.1) is 0 Å². The maximum Gasteiger partial charge on any atom is 0.240 e. The first-order valence-electron chi connectivity index (χ1n) is 5.75. The van der Waals surface area contributed by atoms with Gasteiger partial charge in [-0.3, -0.25) is 0 Å². The number of fused-ring (bicyclic) bond motifs is 1. The highest BCUT2D eigenvalue weighted by molar-refractivity contribution is 7.89. The fourth-order valence-electron chi connectivity index (χ4n) is 2.32. The number of sulfonamides is 1. The van der Waals surface area contributed by atoms with Gasteiger partial charge in [-0.25, -0.2) is 18.2 Å². The molecule has 1 aromatic heterocycles. The predicted molar refractivity (Wildman–Crippen MR) is 68.0 cm³/mol. The Bertz CT molecular complexity index is 726. The minimum Gasteiger partial charge on any atom is -0.368 e. The first kappa shape index (κ1) is 12.3. The molecular weight excluding hydrogens is 270 g/mol. The zero-order valence-electron chi connectivity index (χ0n) is 9.98. The lowest BCUT2D eigenvalue weighted by atomic mass is 10.2. The summed E-state index contributed by atoms with van der Waals surface area (Å²) < 4.78 is 27.6. The van der Waals surface area contributed by atoms with E-state index in [0.29, 0.717) is 12.1 Å². The van der Waals surface area contributed by atoms with Crippen molar-refractivity contribution in [3.63, 3.8) is 0 Å². The zero-order valence-corrected chi connectivity index (χ0v) is 10.8. The number of hydrogen-bond acceptors (Lipinski definition) is 7. The second-order valence-corrected chi connectivity index (χ2v) is 6.11. The summed E-state index contributed by atoms with van der Waals surface area (Å²) in [7, 11) is -3.86. The summed E-state index contributed by atoms with van der Waals surface area (Å²) in [4.78, 5) is 1.94. The Morgan fingerprint density at radius 3 is 2.68 bits per heavy atom. The summed E-state index contributed by atoms with van der Waals surface area (Å²) in [5, 5.41) is 12.5. The summed E-state index contributed by atoms with van der Waals surface area (Å²) >= 11 is 0. The normalized spacial score (nSPS) is 20.3. The van der Waals surface area contributed by atoms with Crippen molar-refractivity contribution < 1.29 is 13.0 Å². The molecule has 1 atom stereocenters. The number of nitrogens with zero attached hydrogens (tertiary/aromatic N) is 3. The molecule has 2 aromatic rings. The predicted octanol–water partition coefficient (Wildman–Crippen LogP) is -0.592. The van der Waals surface area contributed by atoms with Crippen LogP contribution in [0.1, 0.15) is 6.42 Å². The van der Waals surface area contributed by atoms with Gasteiger partial charge in [-0.1, -0.05) is 0 Å². The van der Waals surface area contributed by atoms with E-state index in [1.54, 1.807) is 6.07 Å². The smallest absolute Gasteiger partial charge is 0.240 e. The molecule has 1 aromatic carbocycles. The van der Waals surface area contributed by atoms with Gasteiger partial charge in [0.25, 0.3) is 0 Å². The second-order valence-electron chi connectivity index (χ2n) is 4.58. The lowest BCUT2D eigenvalue weighted by molar-refractivity contribution is 0.315. The number of aromatic nitrogens is 2. The third kappa shape index (κ3) is 2.05. The molecule has 1 saturated heterocycles. The van der Waals surface area contributed by atoms with E-state index in [9.17, 15) is 8.42 Å². The van der Waals surface area contributed by atoms with Crippen molar-refractivity contribution in [1.82, 2.24) is 10.3 Å². The van der Waals surface area contributed by atoms with Gasteiger partial charge in [0.05, 0.1) is 5.69 Å². The van der Waals surface area contributed by atoms with Gasteiger partial charge in [0.15, 0.2) is 11.0 Å².